The van der Waals surface area contributed by atoms with Crippen LogP contribution in [0.2, 0.25) is 5.02 Å². The largest absolute Gasteiger partial charge is 0.507 e. The van der Waals surface area contributed by atoms with E-state index in [1.807, 2.05) is 5.32 Å². The van der Waals surface area contributed by atoms with Gasteiger partial charge in [0.15, 0.2) is 5.82 Å². The second-order valence-electron chi connectivity index (χ2n) is 3.92. The van der Waals surface area contributed by atoms with Crippen molar-refractivity contribution < 1.29 is 27.5 Å². The van der Waals surface area contributed by atoms with Gasteiger partial charge in [-0.05, 0) is 18.2 Å². The smallest absolute Gasteiger partial charge is 0.469 e. The van der Waals surface area contributed by atoms with Crippen LogP contribution in [-0.2, 0) is 6.18 Å². The Balaban J connectivity index is 2.35. The van der Waals surface area contributed by atoms with Crippen LogP contribution in [0.4, 0.5) is 19.0 Å². The zero-order valence-corrected chi connectivity index (χ0v) is 11.2. The summed E-state index contributed by atoms with van der Waals surface area (Å²) in [4.78, 5) is 14.9. The Morgan fingerprint density at radius 3 is 2.73 bits per heavy atom. The van der Waals surface area contributed by atoms with Crippen LogP contribution in [0.1, 0.15) is 22.0 Å². The van der Waals surface area contributed by atoms with Crippen LogP contribution in [0.25, 0.3) is 0 Å². The summed E-state index contributed by atoms with van der Waals surface area (Å²) >= 11 is 5.66. The van der Waals surface area contributed by atoms with Crippen molar-refractivity contribution >= 4 is 23.3 Å². The van der Waals surface area contributed by atoms with Gasteiger partial charge in [-0.1, -0.05) is 11.6 Å². The molecule has 2 N–H and O–H groups in total. The predicted molar refractivity (Wildman–Crippen MR) is 67.3 cm³/mol. The molecule has 0 aliphatic carbocycles. The molecule has 1 aromatic carbocycles. The number of carbonyl (C=O) groups excluding carboxylic acids is 1. The number of alkyl halides is 3. The number of rotatable bonds is 2. The van der Waals surface area contributed by atoms with E-state index in [2.05, 4.69) is 9.40 Å². The van der Waals surface area contributed by atoms with Gasteiger partial charge in [-0.2, -0.15) is 23.4 Å². The number of nitrogens with zero attached hydrogens (tertiary/aromatic N) is 2. The lowest BCUT2D eigenvalue weighted by Gasteiger charge is -2.04. The number of aromatic hydroxyl groups is 1. The summed E-state index contributed by atoms with van der Waals surface area (Å²) < 4.78 is 41.6. The van der Waals surface area contributed by atoms with Gasteiger partial charge in [0.2, 0.25) is 5.76 Å². The van der Waals surface area contributed by atoms with Gasteiger partial charge in [-0.25, -0.2) is 0 Å². The topological polar surface area (TPSA) is 99.2 Å². The van der Waals surface area contributed by atoms with Crippen molar-refractivity contribution in [2.75, 3.05) is 5.32 Å². The number of halogens is 4. The third kappa shape index (κ3) is 3.12. The van der Waals surface area contributed by atoms with E-state index in [4.69, 9.17) is 16.9 Å². The van der Waals surface area contributed by atoms with Gasteiger partial charge in [0, 0.05) is 5.02 Å². The highest BCUT2D eigenvalue weighted by Crippen LogP contribution is 2.32. The predicted octanol–water partition coefficient (Wildman–Crippen LogP) is 3.18. The maximum absolute atomic E-state index is 12.5. The number of benzene rings is 1. The second kappa shape index (κ2) is 5.57. The first-order chi connectivity index (χ1) is 10.2. The van der Waals surface area contributed by atoms with Gasteiger partial charge < -0.3 is 14.8 Å². The number of nitrogens with one attached hydrogen (secondary N) is 1. The summed E-state index contributed by atoms with van der Waals surface area (Å²) in [6, 6.07) is 4.88. The van der Waals surface area contributed by atoms with Gasteiger partial charge in [0.1, 0.15) is 11.8 Å². The zero-order chi connectivity index (χ0) is 16.5. The summed E-state index contributed by atoms with van der Waals surface area (Å²) in [5.74, 6) is -4.64. The van der Waals surface area contributed by atoms with Crippen LogP contribution in [0.3, 0.4) is 0 Å². The molecule has 0 unspecified atom stereocenters. The van der Waals surface area contributed by atoms with Crippen LogP contribution in [0.15, 0.2) is 22.6 Å². The first kappa shape index (κ1) is 15.7. The van der Waals surface area contributed by atoms with Crippen LogP contribution in [-0.4, -0.2) is 16.0 Å². The molecule has 0 bridgehead atoms. The maximum atomic E-state index is 12.5. The first-order valence-electron chi connectivity index (χ1n) is 5.50. The lowest BCUT2D eigenvalue weighted by Crippen LogP contribution is -2.14. The van der Waals surface area contributed by atoms with Crippen LogP contribution < -0.4 is 5.32 Å². The number of nitriles is 1. The lowest BCUT2D eigenvalue weighted by molar-refractivity contribution is -0.157. The average molecular weight is 332 g/mol. The Hall–Kier alpha value is -2.73. The van der Waals surface area contributed by atoms with E-state index in [0.717, 1.165) is 12.1 Å². The molecule has 0 aliphatic rings. The minimum Gasteiger partial charge on any atom is -0.507 e. The molecule has 22 heavy (non-hydrogen) atoms. The zero-order valence-electron chi connectivity index (χ0n) is 10.4. The SMILES string of the molecule is N#Cc1oc(C(F)(F)F)nc1NC(=O)c1cc(Cl)ccc1O. The van der Waals surface area contributed by atoms with E-state index in [9.17, 15) is 23.1 Å². The van der Waals surface area contributed by atoms with Crippen molar-refractivity contribution in [3.63, 3.8) is 0 Å². The third-order valence-corrected chi connectivity index (χ3v) is 2.64. The summed E-state index contributed by atoms with van der Waals surface area (Å²) in [6.07, 6.45) is -4.91. The molecular formula is C12H5ClF3N3O3. The van der Waals surface area contributed by atoms with Crippen molar-refractivity contribution in [1.82, 2.24) is 4.98 Å². The lowest BCUT2D eigenvalue weighted by atomic mass is 10.2. The summed E-state index contributed by atoms with van der Waals surface area (Å²) in [5, 5.41) is 20.3. The highest BCUT2D eigenvalue weighted by molar-refractivity contribution is 6.31. The van der Waals surface area contributed by atoms with E-state index in [1.54, 1.807) is 0 Å². The Bertz CT molecular complexity index is 780. The maximum Gasteiger partial charge on any atom is 0.469 e. The summed E-state index contributed by atoms with van der Waals surface area (Å²) in [7, 11) is 0. The van der Waals surface area contributed by atoms with Crippen LogP contribution in [0.5, 0.6) is 5.75 Å². The van der Waals surface area contributed by atoms with Gasteiger partial charge in [-0.15, -0.1) is 0 Å². The van der Waals surface area contributed by atoms with Gasteiger partial charge in [0.25, 0.3) is 5.91 Å². The fraction of sp³-hybridized carbons (Fsp3) is 0.0833. The molecule has 0 saturated carbocycles. The monoisotopic (exact) mass is 331 g/mol. The van der Waals surface area contributed by atoms with E-state index in [0.29, 0.717) is 0 Å². The number of anilines is 1. The number of aromatic nitrogens is 1. The van der Waals surface area contributed by atoms with E-state index in [-0.39, 0.29) is 10.6 Å². The van der Waals surface area contributed by atoms with Crippen molar-refractivity contribution in [3.8, 4) is 11.8 Å². The normalized spacial score (nSPS) is 11.0. The molecular weight excluding hydrogens is 327 g/mol. The van der Waals surface area contributed by atoms with E-state index >= 15 is 0 Å². The molecule has 0 radical (unpaired) electrons. The van der Waals surface area contributed by atoms with Crippen molar-refractivity contribution in [2.24, 2.45) is 0 Å². The Morgan fingerprint density at radius 1 is 1.45 bits per heavy atom. The molecule has 1 aromatic heterocycles. The summed E-state index contributed by atoms with van der Waals surface area (Å²) in [6.45, 7) is 0. The van der Waals surface area contributed by atoms with Crippen LogP contribution in [0, 0.1) is 11.3 Å². The Morgan fingerprint density at radius 2 is 2.14 bits per heavy atom. The van der Waals surface area contributed by atoms with Gasteiger partial charge >= 0.3 is 12.1 Å². The highest BCUT2D eigenvalue weighted by atomic mass is 35.5. The number of amides is 1. The fourth-order valence-corrected chi connectivity index (χ4v) is 1.64. The molecule has 10 heteroatoms. The van der Waals surface area contributed by atoms with Crippen molar-refractivity contribution in [1.29, 1.82) is 5.26 Å². The van der Waals surface area contributed by atoms with Gasteiger partial charge in [0.05, 0.1) is 5.56 Å². The highest BCUT2D eigenvalue weighted by Gasteiger charge is 2.39. The van der Waals surface area contributed by atoms with Crippen molar-refractivity contribution in [2.45, 2.75) is 6.18 Å². The van der Waals surface area contributed by atoms with Crippen molar-refractivity contribution in [3.05, 3.63) is 40.4 Å². The standard InChI is InChI=1S/C12H5ClF3N3O3/c13-5-1-2-7(20)6(3-5)10(21)18-9-8(4-17)22-11(19-9)12(14,15)16/h1-3,20H,(H,18,21). The van der Waals surface area contributed by atoms with Crippen LogP contribution >= 0.6 is 11.6 Å². The van der Waals surface area contributed by atoms with E-state index < -0.39 is 35.3 Å². The third-order valence-electron chi connectivity index (χ3n) is 2.41. The molecule has 0 atom stereocenters. The fourth-order valence-electron chi connectivity index (χ4n) is 1.47. The molecule has 0 fully saturated rings. The molecule has 0 saturated heterocycles. The molecule has 0 spiro atoms. The average Bonchev–Trinajstić information content (AvgIpc) is 2.84. The second-order valence-corrected chi connectivity index (χ2v) is 4.36. The molecule has 2 aromatic rings. The first-order valence-corrected chi connectivity index (χ1v) is 5.88. The number of phenolic OH excluding ortho intramolecular Hbond substituents is 1. The number of phenols is 1. The number of carbonyl (C=O) groups is 1. The summed E-state index contributed by atoms with van der Waals surface area (Å²) in [5.41, 5.74) is -0.298. The number of hydrogen-bond donors (Lipinski definition) is 2. The van der Waals surface area contributed by atoms with E-state index in [1.165, 1.54) is 12.1 Å². The minimum absolute atomic E-state index is 0.125. The quantitative estimate of drug-likeness (QED) is 0.880. The number of hydrogen-bond acceptors (Lipinski definition) is 5. The molecule has 1 amide bonds. The molecule has 1 heterocycles. The Kier molecular flexibility index (Phi) is 3.97. The molecule has 2 rings (SSSR count). The number of oxazole rings is 1. The Labute approximate surface area is 125 Å². The minimum atomic E-state index is -4.91. The molecule has 0 aliphatic heterocycles. The van der Waals surface area contributed by atoms with Gasteiger partial charge in [-0.3, -0.25) is 4.79 Å². The molecule has 114 valence electrons. The molecule has 6 nitrogen and oxygen atoms in total.